The molecule has 0 aliphatic carbocycles. The van der Waals surface area contributed by atoms with Gasteiger partial charge in [-0.2, -0.15) is 0 Å². The number of rotatable bonds is 2. The maximum Gasteiger partial charge on any atom is 0.322 e. The van der Waals surface area contributed by atoms with Crippen molar-refractivity contribution in [2.75, 3.05) is 20.2 Å². The van der Waals surface area contributed by atoms with Gasteiger partial charge in [-0.25, -0.2) is 0 Å². The summed E-state index contributed by atoms with van der Waals surface area (Å²) in [5.41, 5.74) is 0. The fourth-order valence-corrected chi connectivity index (χ4v) is 1.84. The zero-order valence-electron chi connectivity index (χ0n) is 9.06. The van der Waals surface area contributed by atoms with Gasteiger partial charge in [-0.15, -0.1) is 0 Å². The number of methoxy groups -OCH3 is 1. The molecule has 0 aromatic carbocycles. The van der Waals surface area contributed by atoms with Gasteiger partial charge in [0.2, 0.25) is 0 Å². The van der Waals surface area contributed by atoms with Crippen molar-refractivity contribution in [2.45, 2.75) is 32.4 Å². The van der Waals surface area contributed by atoms with Crippen LogP contribution in [0.5, 0.6) is 0 Å². The van der Waals surface area contributed by atoms with E-state index in [9.17, 15) is 9.90 Å². The smallest absolute Gasteiger partial charge is 0.322 e. The van der Waals surface area contributed by atoms with Crippen LogP contribution in [0, 0.1) is 5.92 Å². The lowest BCUT2D eigenvalue weighted by molar-refractivity contribution is -0.147. The van der Waals surface area contributed by atoms with Gasteiger partial charge >= 0.3 is 5.97 Å². The number of nitrogens with zero attached hydrogens (tertiary/aromatic N) is 1. The first-order valence-electron chi connectivity index (χ1n) is 5.06. The van der Waals surface area contributed by atoms with Crippen molar-refractivity contribution in [3.8, 4) is 0 Å². The minimum Gasteiger partial charge on any atom is -0.468 e. The zero-order chi connectivity index (χ0) is 10.7. The SMILES string of the molecule is COC(=O)C(C)N1CCC(O)C(C)C1. The van der Waals surface area contributed by atoms with E-state index in [4.69, 9.17) is 0 Å². The Bertz CT molecular complexity index is 208. The number of aliphatic hydroxyl groups excluding tert-OH is 1. The molecule has 4 heteroatoms. The molecule has 14 heavy (non-hydrogen) atoms. The van der Waals surface area contributed by atoms with E-state index in [1.807, 2.05) is 13.8 Å². The Morgan fingerprint density at radius 1 is 1.64 bits per heavy atom. The van der Waals surface area contributed by atoms with Crippen molar-refractivity contribution < 1.29 is 14.6 Å². The molecule has 0 bridgehead atoms. The second kappa shape index (κ2) is 4.75. The third kappa shape index (κ3) is 2.45. The lowest BCUT2D eigenvalue weighted by Crippen LogP contribution is -2.49. The second-order valence-corrected chi connectivity index (χ2v) is 4.03. The van der Waals surface area contributed by atoms with Crippen LogP contribution in [0.4, 0.5) is 0 Å². The third-order valence-electron chi connectivity index (χ3n) is 2.98. The van der Waals surface area contributed by atoms with Gasteiger partial charge in [-0.3, -0.25) is 9.69 Å². The highest BCUT2D eigenvalue weighted by Gasteiger charge is 2.30. The highest BCUT2D eigenvalue weighted by Crippen LogP contribution is 2.18. The molecule has 0 aromatic rings. The number of esters is 1. The number of hydrogen-bond acceptors (Lipinski definition) is 4. The molecule has 0 spiro atoms. The largest absolute Gasteiger partial charge is 0.468 e. The zero-order valence-corrected chi connectivity index (χ0v) is 9.06. The van der Waals surface area contributed by atoms with Gasteiger partial charge < -0.3 is 9.84 Å². The first-order chi connectivity index (χ1) is 6.56. The quantitative estimate of drug-likeness (QED) is 0.651. The van der Waals surface area contributed by atoms with Crippen LogP contribution in [0.1, 0.15) is 20.3 Å². The lowest BCUT2D eigenvalue weighted by Gasteiger charge is -2.36. The molecule has 1 fully saturated rings. The second-order valence-electron chi connectivity index (χ2n) is 4.03. The highest BCUT2D eigenvalue weighted by molar-refractivity contribution is 5.75. The molecule has 1 heterocycles. The highest BCUT2D eigenvalue weighted by atomic mass is 16.5. The van der Waals surface area contributed by atoms with Crippen molar-refractivity contribution in [2.24, 2.45) is 5.92 Å². The summed E-state index contributed by atoms with van der Waals surface area (Å²) in [5, 5.41) is 9.53. The van der Waals surface area contributed by atoms with E-state index in [2.05, 4.69) is 9.64 Å². The molecule has 0 saturated carbocycles. The van der Waals surface area contributed by atoms with E-state index in [1.165, 1.54) is 7.11 Å². The number of piperidine rings is 1. The van der Waals surface area contributed by atoms with Gasteiger partial charge in [-0.1, -0.05) is 6.92 Å². The Balaban J connectivity index is 2.50. The van der Waals surface area contributed by atoms with E-state index in [0.717, 1.165) is 19.5 Å². The van der Waals surface area contributed by atoms with Crippen LogP contribution in [0.2, 0.25) is 0 Å². The van der Waals surface area contributed by atoms with Gasteiger partial charge in [0.15, 0.2) is 0 Å². The predicted octanol–water partition coefficient (Wildman–Crippen LogP) is 0.251. The molecule has 1 saturated heterocycles. The molecular formula is C10H19NO3. The summed E-state index contributed by atoms with van der Waals surface area (Å²) in [5.74, 6) is 0.0319. The van der Waals surface area contributed by atoms with E-state index in [-0.39, 0.29) is 24.0 Å². The minimum absolute atomic E-state index is 0.199. The van der Waals surface area contributed by atoms with E-state index < -0.39 is 0 Å². The summed E-state index contributed by atoms with van der Waals surface area (Å²) in [7, 11) is 1.40. The first-order valence-corrected chi connectivity index (χ1v) is 5.06. The monoisotopic (exact) mass is 201 g/mol. The average molecular weight is 201 g/mol. The Hall–Kier alpha value is -0.610. The fourth-order valence-electron chi connectivity index (χ4n) is 1.84. The predicted molar refractivity (Wildman–Crippen MR) is 52.8 cm³/mol. The van der Waals surface area contributed by atoms with Crippen molar-refractivity contribution >= 4 is 5.97 Å². The van der Waals surface area contributed by atoms with E-state index in [0.29, 0.717) is 0 Å². The van der Waals surface area contributed by atoms with Crippen LogP contribution in [0.25, 0.3) is 0 Å². The third-order valence-corrected chi connectivity index (χ3v) is 2.98. The molecule has 4 nitrogen and oxygen atoms in total. The molecule has 1 aliphatic rings. The Morgan fingerprint density at radius 3 is 2.79 bits per heavy atom. The Labute approximate surface area is 84.8 Å². The van der Waals surface area contributed by atoms with Crippen LogP contribution in [0.3, 0.4) is 0 Å². The molecule has 1 aliphatic heterocycles. The van der Waals surface area contributed by atoms with Crippen LogP contribution in [-0.4, -0.2) is 48.3 Å². The molecule has 82 valence electrons. The van der Waals surface area contributed by atoms with Gasteiger partial charge in [0.25, 0.3) is 0 Å². The van der Waals surface area contributed by atoms with Crippen molar-refractivity contribution in [3.05, 3.63) is 0 Å². The summed E-state index contributed by atoms with van der Waals surface area (Å²) in [6, 6.07) is -0.199. The number of carbonyl (C=O) groups excluding carboxylic acids is 1. The Morgan fingerprint density at radius 2 is 2.29 bits per heavy atom. The topological polar surface area (TPSA) is 49.8 Å². The van der Waals surface area contributed by atoms with Crippen LogP contribution in [-0.2, 0) is 9.53 Å². The fraction of sp³-hybridized carbons (Fsp3) is 0.900. The molecule has 1 rings (SSSR count). The van der Waals surface area contributed by atoms with Crippen molar-refractivity contribution in [3.63, 3.8) is 0 Å². The van der Waals surface area contributed by atoms with Crippen LogP contribution >= 0.6 is 0 Å². The molecule has 3 unspecified atom stereocenters. The Kier molecular flexibility index (Phi) is 3.89. The summed E-state index contributed by atoms with van der Waals surface area (Å²) < 4.78 is 4.68. The molecular weight excluding hydrogens is 182 g/mol. The van der Waals surface area contributed by atoms with Crippen LogP contribution < -0.4 is 0 Å². The minimum atomic E-state index is -0.226. The molecule has 3 atom stereocenters. The molecule has 0 radical (unpaired) electrons. The molecule has 0 aromatic heterocycles. The standard InChI is InChI=1S/C10H19NO3/c1-7-6-11(5-4-9(7)12)8(2)10(13)14-3/h7-9,12H,4-6H2,1-3H3. The summed E-state index contributed by atoms with van der Waals surface area (Å²) in [4.78, 5) is 13.3. The van der Waals surface area contributed by atoms with Crippen LogP contribution in [0.15, 0.2) is 0 Å². The van der Waals surface area contributed by atoms with Crippen molar-refractivity contribution in [1.82, 2.24) is 4.90 Å². The van der Waals surface area contributed by atoms with Gasteiger partial charge in [0.1, 0.15) is 6.04 Å². The molecule has 1 N–H and O–H groups in total. The summed E-state index contributed by atoms with van der Waals surface area (Å²) in [6.07, 6.45) is 0.513. The molecule has 0 amide bonds. The number of likely N-dealkylation sites (tertiary alicyclic amines) is 1. The summed E-state index contributed by atoms with van der Waals surface area (Å²) >= 11 is 0. The maximum absolute atomic E-state index is 11.3. The summed E-state index contributed by atoms with van der Waals surface area (Å²) in [6.45, 7) is 5.37. The van der Waals surface area contributed by atoms with E-state index >= 15 is 0 Å². The number of aliphatic hydroxyl groups is 1. The number of ether oxygens (including phenoxy) is 1. The van der Waals surface area contributed by atoms with Gasteiger partial charge in [0, 0.05) is 13.1 Å². The average Bonchev–Trinajstić information content (AvgIpc) is 2.20. The number of carbonyl (C=O) groups is 1. The normalized spacial score (nSPS) is 31.1. The maximum atomic E-state index is 11.3. The van der Waals surface area contributed by atoms with Crippen molar-refractivity contribution in [1.29, 1.82) is 0 Å². The lowest BCUT2D eigenvalue weighted by atomic mass is 9.96. The number of hydrogen-bond donors (Lipinski definition) is 1. The van der Waals surface area contributed by atoms with Gasteiger partial charge in [-0.05, 0) is 19.3 Å². The van der Waals surface area contributed by atoms with Gasteiger partial charge in [0.05, 0.1) is 13.2 Å². The van der Waals surface area contributed by atoms with E-state index in [1.54, 1.807) is 0 Å². The first kappa shape index (κ1) is 11.5.